The van der Waals surface area contributed by atoms with Crippen molar-refractivity contribution in [3.63, 3.8) is 0 Å². The normalized spacial score (nSPS) is 11.6. The maximum absolute atomic E-state index is 13.1. The summed E-state index contributed by atoms with van der Waals surface area (Å²) in [4.78, 5) is 38.5. The van der Waals surface area contributed by atoms with Crippen LogP contribution in [0.25, 0.3) is 16.0 Å². The number of amides is 1. The average molecular weight is 460 g/mol. The quantitative estimate of drug-likeness (QED) is 0.460. The molecule has 0 aliphatic rings. The SMILES string of the molecule is CC(C)CCn1c(=O)c2sccc2n2c(=O)n(CC(=O)NCc3ccccc3Cl)nc12. The number of benzene rings is 1. The zero-order chi connectivity index (χ0) is 22.1. The van der Waals surface area contributed by atoms with Crippen LogP contribution in [0.3, 0.4) is 0 Å². The van der Waals surface area contributed by atoms with Crippen molar-refractivity contribution in [2.24, 2.45) is 5.92 Å². The smallest absolute Gasteiger partial charge is 0.350 e. The van der Waals surface area contributed by atoms with Crippen LogP contribution in [0.2, 0.25) is 5.02 Å². The van der Waals surface area contributed by atoms with Crippen molar-refractivity contribution in [2.45, 2.75) is 39.9 Å². The van der Waals surface area contributed by atoms with Crippen molar-refractivity contribution in [3.05, 3.63) is 67.1 Å². The zero-order valence-electron chi connectivity index (χ0n) is 17.2. The van der Waals surface area contributed by atoms with Crippen molar-refractivity contribution < 1.29 is 4.79 Å². The Bertz CT molecular complexity index is 1380. The van der Waals surface area contributed by atoms with Crippen molar-refractivity contribution in [3.8, 4) is 0 Å². The molecule has 1 N–H and O–H groups in total. The molecule has 10 heteroatoms. The fourth-order valence-corrected chi connectivity index (χ4v) is 4.38. The number of aryl methyl sites for hydroxylation is 1. The second-order valence-corrected chi connectivity index (χ2v) is 9.04. The average Bonchev–Trinajstić information content (AvgIpc) is 3.32. The van der Waals surface area contributed by atoms with Gasteiger partial charge < -0.3 is 5.32 Å². The first-order chi connectivity index (χ1) is 14.9. The Kier molecular flexibility index (Phi) is 5.97. The Morgan fingerprint density at radius 3 is 2.74 bits per heavy atom. The van der Waals surface area contributed by atoms with Crippen molar-refractivity contribution in [1.29, 1.82) is 0 Å². The summed E-state index contributed by atoms with van der Waals surface area (Å²) in [6, 6.07) is 8.95. The molecule has 0 bridgehead atoms. The van der Waals surface area contributed by atoms with E-state index in [2.05, 4.69) is 24.3 Å². The molecule has 3 aromatic heterocycles. The molecular weight excluding hydrogens is 438 g/mol. The summed E-state index contributed by atoms with van der Waals surface area (Å²) in [5, 5.41) is 9.43. The molecule has 8 nitrogen and oxygen atoms in total. The summed E-state index contributed by atoms with van der Waals surface area (Å²) in [7, 11) is 0. The van der Waals surface area contributed by atoms with Crippen LogP contribution in [0, 0.1) is 5.92 Å². The summed E-state index contributed by atoms with van der Waals surface area (Å²) < 4.78 is 4.54. The molecule has 3 heterocycles. The topological polar surface area (TPSA) is 90.4 Å². The highest BCUT2D eigenvalue weighted by Gasteiger charge is 2.19. The first kappa shape index (κ1) is 21.3. The second kappa shape index (κ2) is 8.68. The van der Waals surface area contributed by atoms with E-state index in [1.54, 1.807) is 17.5 Å². The van der Waals surface area contributed by atoms with Gasteiger partial charge in [-0.05, 0) is 35.4 Å². The lowest BCUT2D eigenvalue weighted by molar-refractivity contribution is -0.122. The standard InChI is InChI=1S/C21H22ClN5O3S/c1-13(2)7-9-25-19(29)18-16(8-10-31-18)27-20(25)24-26(21(27)30)12-17(28)23-11-14-5-3-4-6-15(14)22/h3-6,8,10,13H,7,9,11-12H2,1-2H3,(H,23,28). The fraction of sp³-hybridized carbons (Fsp3) is 0.333. The van der Waals surface area contributed by atoms with Gasteiger partial charge in [0.2, 0.25) is 11.7 Å². The Morgan fingerprint density at radius 1 is 1.23 bits per heavy atom. The fourth-order valence-electron chi connectivity index (χ4n) is 3.35. The van der Waals surface area contributed by atoms with Gasteiger partial charge in [-0.15, -0.1) is 16.4 Å². The number of carbonyl (C=O) groups excluding carboxylic acids is 1. The summed E-state index contributed by atoms with van der Waals surface area (Å²) >= 11 is 7.42. The van der Waals surface area contributed by atoms with E-state index in [0.29, 0.717) is 27.7 Å². The van der Waals surface area contributed by atoms with Gasteiger partial charge in [0.05, 0.1) is 5.52 Å². The molecule has 162 valence electrons. The highest BCUT2D eigenvalue weighted by molar-refractivity contribution is 7.17. The van der Waals surface area contributed by atoms with Crippen LogP contribution in [0.5, 0.6) is 0 Å². The molecule has 0 saturated heterocycles. The van der Waals surface area contributed by atoms with E-state index >= 15 is 0 Å². The molecule has 0 radical (unpaired) electrons. The summed E-state index contributed by atoms with van der Waals surface area (Å²) in [6.45, 7) is 4.58. The summed E-state index contributed by atoms with van der Waals surface area (Å²) in [6.07, 6.45) is 0.770. The van der Waals surface area contributed by atoms with Crippen LogP contribution in [-0.4, -0.2) is 24.7 Å². The summed E-state index contributed by atoms with van der Waals surface area (Å²) in [5.41, 5.74) is 0.670. The van der Waals surface area contributed by atoms with Crippen LogP contribution in [-0.2, 0) is 24.4 Å². The van der Waals surface area contributed by atoms with Gasteiger partial charge in [-0.2, -0.15) is 0 Å². The number of carbonyl (C=O) groups is 1. The Labute approximate surface area is 186 Å². The first-order valence-electron chi connectivity index (χ1n) is 9.96. The van der Waals surface area contributed by atoms with Crippen LogP contribution in [0.1, 0.15) is 25.8 Å². The van der Waals surface area contributed by atoms with E-state index in [1.807, 2.05) is 18.2 Å². The lowest BCUT2D eigenvalue weighted by Gasteiger charge is -2.09. The lowest BCUT2D eigenvalue weighted by Crippen LogP contribution is -2.32. The minimum Gasteiger partial charge on any atom is -0.350 e. The van der Waals surface area contributed by atoms with Gasteiger partial charge in [0.15, 0.2) is 0 Å². The summed E-state index contributed by atoms with van der Waals surface area (Å²) in [5.74, 6) is 0.263. The number of aromatic nitrogens is 4. The van der Waals surface area contributed by atoms with E-state index in [1.165, 1.54) is 20.3 Å². The number of hydrogen-bond acceptors (Lipinski definition) is 5. The molecule has 1 amide bonds. The van der Waals surface area contributed by atoms with Gasteiger partial charge in [-0.3, -0.25) is 14.2 Å². The Morgan fingerprint density at radius 2 is 2.00 bits per heavy atom. The van der Waals surface area contributed by atoms with Gasteiger partial charge in [0, 0.05) is 18.1 Å². The third-order valence-corrected chi connectivity index (χ3v) is 6.31. The van der Waals surface area contributed by atoms with Crippen molar-refractivity contribution >= 4 is 44.8 Å². The highest BCUT2D eigenvalue weighted by Crippen LogP contribution is 2.18. The minimum atomic E-state index is -0.454. The van der Waals surface area contributed by atoms with Gasteiger partial charge in [0.1, 0.15) is 11.2 Å². The van der Waals surface area contributed by atoms with E-state index in [-0.39, 0.29) is 30.3 Å². The molecule has 0 aliphatic heterocycles. The predicted molar refractivity (Wildman–Crippen MR) is 122 cm³/mol. The Hall–Kier alpha value is -2.91. The minimum absolute atomic E-state index is 0.168. The van der Waals surface area contributed by atoms with Gasteiger partial charge in [-0.25, -0.2) is 13.9 Å². The molecular formula is C21H22ClN5O3S. The number of nitrogens with zero attached hydrogens (tertiary/aromatic N) is 4. The molecule has 0 fully saturated rings. The molecule has 4 aromatic rings. The van der Waals surface area contributed by atoms with E-state index in [9.17, 15) is 14.4 Å². The lowest BCUT2D eigenvalue weighted by atomic mass is 10.1. The number of rotatable bonds is 7. The number of fused-ring (bicyclic) bond motifs is 3. The van der Waals surface area contributed by atoms with Crippen LogP contribution < -0.4 is 16.6 Å². The van der Waals surface area contributed by atoms with Crippen LogP contribution in [0.15, 0.2) is 45.3 Å². The van der Waals surface area contributed by atoms with E-state index < -0.39 is 5.69 Å². The maximum Gasteiger partial charge on any atom is 0.352 e. The molecule has 31 heavy (non-hydrogen) atoms. The van der Waals surface area contributed by atoms with E-state index in [4.69, 9.17) is 11.6 Å². The molecule has 0 unspecified atom stereocenters. The molecule has 1 aromatic carbocycles. The number of halogens is 1. The van der Waals surface area contributed by atoms with Gasteiger partial charge >= 0.3 is 5.69 Å². The number of nitrogens with one attached hydrogen (secondary N) is 1. The second-order valence-electron chi connectivity index (χ2n) is 7.72. The Balaban J connectivity index is 1.67. The maximum atomic E-state index is 13.1. The highest BCUT2D eigenvalue weighted by atomic mass is 35.5. The monoisotopic (exact) mass is 459 g/mol. The van der Waals surface area contributed by atoms with Crippen LogP contribution >= 0.6 is 22.9 Å². The molecule has 0 spiro atoms. The number of thiophene rings is 1. The van der Waals surface area contributed by atoms with Crippen molar-refractivity contribution in [1.82, 2.24) is 24.1 Å². The van der Waals surface area contributed by atoms with Crippen LogP contribution in [0.4, 0.5) is 0 Å². The third-order valence-electron chi connectivity index (χ3n) is 5.05. The first-order valence-corrected chi connectivity index (χ1v) is 11.2. The molecule has 4 rings (SSSR count). The molecule has 0 saturated carbocycles. The zero-order valence-corrected chi connectivity index (χ0v) is 18.7. The van der Waals surface area contributed by atoms with E-state index in [0.717, 1.165) is 16.7 Å². The molecule has 0 aliphatic carbocycles. The van der Waals surface area contributed by atoms with Gasteiger partial charge in [-0.1, -0.05) is 43.6 Å². The molecule has 0 atom stereocenters. The number of hydrogen-bond donors (Lipinski definition) is 1. The predicted octanol–water partition coefficient (Wildman–Crippen LogP) is 2.89. The van der Waals surface area contributed by atoms with Crippen molar-refractivity contribution in [2.75, 3.05) is 0 Å². The third kappa shape index (κ3) is 4.15. The van der Waals surface area contributed by atoms with Gasteiger partial charge in [0.25, 0.3) is 5.56 Å². The largest absolute Gasteiger partial charge is 0.352 e.